The fourth-order valence-electron chi connectivity index (χ4n) is 3.58. The Morgan fingerprint density at radius 1 is 1.10 bits per heavy atom. The van der Waals surface area contributed by atoms with Crippen LogP contribution in [0.4, 0.5) is 10.4 Å². The van der Waals surface area contributed by atoms with Crippen molar-refractivity contribution >= 4 is 23.9 Å². The summed E-state index contributed by atoms with van der Waals surface area (Å²) in [5, 5.41) is 30.4. The Balaban J connectivity index is 0.000000798. The summed E-state index contributed by atoms with van der Waals surface area (Å²) in [6.07, 6.45) is 0.744. The molecular weight excluding hydrogens is 517 g/mol. The fourth-order valence-corrected chi connectivity index (χ4v) is 3.58. The molecule has 0 bridgehead atoms. The van der Waals surface area contributed by atoms with E-state index in [0.29, 0.717) is 12.6 Å². The van der Waals surface area contributed by atoms with Crippen LogP contribution < -0.4 is 15.0 Å². The number of carboxylic acids is 2. The molecule has 3 rings (SSSR count). The number of aliphatic hydroxyl groups is 1. The molecule has 2 atom stereocenters. The Bertz CT molecular complexity index is 1090. The zero-order valence-corrected chi connectivity index (χ0v) is 22.5. The van der Waals surface area contributed by atoms with Crippen LogP contribution in [-0.4, -0.2) is 99.7 Å². The van der Waals surface area contributed by atoms with Gasteiger partial charge in [0.1, 0.15) is 0 Å². The smallest absolute Gasteiger partial charge is 0.414 e. The van der Waals surface area contributed by atoms with E-state index in [1.165, 1.54) is 12.1 Å². The number of nitrogens with one attached hydrogen (secondary N) is 1. The van der Waals surface area contributed by atoms with Gasteiger partial charge < -0.3 is 34.8 Å². The minimum absolute atomic E-state index is 0.121. The number of anilines is 1. The lowest BCUT2D eigenvalue weighted by molar-refractivity contribution is -0.159. The highest BCUT2D eigenvalue weighted by Gasteiger charge is 2.25. The van der Waals surface area contributed by atoms with Gasteiger partial charge in [0.25, 0.3) is 5.91 Å². The normalized spacial score (nSPS) is 15.2. The maximum Gasteiger partial charge on any atom is 0.414 e. The zero-order valence-electron chi connectivity index (χ0n) is 22.5. The number of nitrogens with zero attached hydrogens (tertiary/aromatic N) is 4. The van der Waals surface area contributed by atoms with Crippen molar-refractivity contribution in [1.29, 1.82) is 0 Å². The van der Waals surface area contributed by atoms with Crippen molar-refractivity contribution in [2.45, 2.75) is 52.1 Å². The van der Waals surface area contributed by atoms with Crippen molar-refractivity contribution in [2.75, 3.05) is 44.3 Å². The van der Waals surface area contributed by atoms with Gasteiger partial charge >= 0.3 is 18.0 Å². The number of aliphatic hydroxyl groups excluding tert-OH is 1. The monoisotopic (exact) mass is 553 g/mol. The molecule has 4 N–H and O–H groups in total. The average Bonchev–Trinajstić information content (AvgIpc) is 3.40. The maximum absolute atomic E-state index is 14.4. The van der Waals surface area contributed by atoms with Crippen LogP contribution in [0.5, 0.6) is 5.75 Å². The van der Waals surface area contributed by atoms with Gasteiger partial charge in [-0.2, -0.15) is 4.98 Å². The van der Waals surface area contributed by atoms with Crippen LogP contribution in [0.25, 0.3) is 0 Å². The fraction of sp³-hybridized carbons (Fsp3) is 0.560. The van der Waals surface area contributed by atoms with E-state index < -0.39 is 29.7 Å². The van der Waals surface area contributed by atoms with Crippen molar-refractivity contribution in [1.82, 2.24) is 20.4 Å². The molecule has 14 heteroatoms. The SMILES string of the molecule is CC(C)c1noc(N2CCN(C(C)CCOc3ccc(C(=O)N[C@H](C)CO)cc3F)CC2)n1.O=C(O)C(=O)O. The Morgan fingerprint density at radius 3 is 2.26 bits per heavy atom. The highest BCUT2D eigenvalue weighted by atomic mass is 19.1. The van der Waals surface area contributed by atoms with Gasteiger partial charge in [0.2, 0.25) is 0 Å². The minimum atomic E-state index is -1.82. The quantitative estimate of drug-likeness (QED) is 0.313. The van der Waals surface area contributed by atoms with Crippen molar-refractivity contribution < 1.29 is 43.4 Å². The van der Waals surface area contributed by atoms with Gasteiger partial charge in [0, 0.05) is 49.7 Å². The molecule has 1 aliphatic rings. The first-order chi connectivity index (χ1) is 18.4. The third kappa shape index (κ3) is 9.80. The largest absolute Gasteiger partial charge is 0.490 e. The van der Waals surface area contributed by atoms with E-state index in [4.69, 9.17) is 34.2 Å². The summed E-state index contributed by atoms with van der Waals surface area (Å²) < 4.78 is 25.4. The van der Waals surface area contributed by atoms with Gasteiger partial charge in [0.15, 0.2) is 17.4 Å². The zero-order chi connectivity index (χ0) is 29.1. The van der Waals surface area contributed by atoms with E-state index in [9.17, 15) is 9.18 Å². The number of rotatable bonds is 10. The Kier molecular flexibility index (Phi) is 12.1. The predicted molar refractivity (Wildman–Crippen MR) is 137 cm³/mol. The molecule has 0 aliphatic carbocycles. The number of hydrogen-bond donors (Lipinski definition) is 4. The number of piperazine rings is 1. The summed E-state index contributed by atoms with van der Waals surface area (Å²) in [5.41, 5.74) is 0.188. The molecule has 39 heavy (non-hydrogen) atoms. The molecule has 1 aliphatic heterocycles. The van der Waals surface area contributed by atoms with Crippen LogP contribution in [0, 0.1) is 5.82 Å². The van der Waals surface area contributed by atoms with Gasteiger partial charge in [-0.3, -0.25) is 9.69 Å². The van der Waals surface area contributed by atoms with Crippen LogP contribution in [0.2, 0.25) is 0 Å². The van der Waals surface area contributed by atoms with E-state index in [0.717, 1.165) is 44.5 Å². The first-order valence-corrected chi connectivity index (χ1v) is 12.6. The number of benzene rings is 1. The highest BCUT2D eigenvalue weighted by molar-refractivity contribution is 6.27. The minimum Gasteiger partial charge on any atom is -0.490 e. The topological polar surface area (TPSA) is 179 Å². The summed E-state index contributed by atoms with van der Waals surface area (Å²) in [6, 6.07) is 4.58. The van der Waals surface area contributed by atoms with Crippen LogP contribution >= 0.6 is 0 Å². The van der Waals surface area contributed by atoms with Gasteiger partial charge in [-0.25, -0.2) is 14.0 Å². The first-order valence-electron chi connectivity index (χ1n) is 12.6. The predicted octanol–water partition coefficient (Wildman–Crippen LogP) is 1.58. The standard InChI is InChI=1S/C23H34FN5O4.C2H2O4/c1-15(2)21-26-23(33-27-21)29-10-8-28(9-11-29)17(4)7-12-32-20-6-5-18(13-19(20)24)22(31)25-16(3)14-30;3-1(4)2(5)6/h5-6,13,15-17,30H,7-12,14H2,1-4H3,(H,25,31);(H,3,4)(H,5,6)/t16-,17?;/m1./s1. The second kappa shape index (κ2) is 15.0. The van der Waals surface area contributed by atoms with Crippen LogP contribution in [0.1, 0.15) is 56.2 Å². The molecule has 2 heterocycles. The number of halogens is 1. The highest BCUT2D eigenvalue weighted by Crippen LogP contribution is 2.21. The van der Waals surface area contributed by atoms with E-state index in [1.807, 2.05) is 13.8 Å². The lowest BCUT2D eigenvalue weighted by atomic mass is 10.1. The lowest BCUT2D eigenvalue weighted by Gasteiger charge is -2.37. The Morgan fingerprint density at radius 2 is 1.74 bits per heavy atom. The van der Waals surface area contributed by atoms with Crippen LogP contribution in [0.15, 0.2) is 22.7 Å². The number of amides is 1. The van der Waals surface area contributed by atoms with Gasteiger partial charge in [-0.15, -0.1) is 0 Å². The van der Waals surface area contributed by atoms with Gasteiger partial charge in [-0.1, -0.05) is 19.0 Å². The summed E-state index contributed by atoms with van der Waals surface area (Å²) in [4.78, 5) is 39.2. The van der Waals surface area contributed by atoms with Gasteiger partial charge in [-0.05, 0) is 38.5 Å². The van der Waals surface area contributed by atoms with E-state index in [-0.39, 0.29) is 29.9 Å². The molecule has 1 amide bonds. The molecule has 1 fully saturated rings. The second-order valence-electron chi connectivity index (χ2n) is 9.41. The molecule has 2 aromatic rings. The third-order valence-electron chi connectivity index (χ3n) is 5.98. The molecule has 1 saturated heterocycles. The Hall–Kier alpha value is -3.78. The summed E-state index contributed by atoms with van der Waals surface area (Å²) in [7, 11) is 0. The second-order valence-corrected chi connectivity index (χ2v) is 9.41. The number of hydrogen-bond acceptors (Lipinski definition) is 10. The van der Waals surface area contributed by atoms with E-state index in [1.54, 1.807) is 6.92 Å². The third-order valence-corrected chi connectivity index (χ3v) is 5.98. The molecule has 216 valence electrons. The van der Waals surface area contributed by atoms with Crippen molar-refractivity contribution in [2.24, 2.45) is 0 Å². The molecule has 13 nitrogen and oxygen atoms in total. The van der Waals surface area contributed by atoms with Crippen LogP contribution in [-0.2, 0) is 9.59 Å². The lowest BCUT2D eigenvalue weighted by Crippen LogP contribution is -2.50. The first kappa shape index (κ1) is 31.4. The molecular formula is C25H36FN5O8. The van der Waals surface area contributed by atoms with E-state index in [2.05, 4.69) is 32.2 Å². The molecule has 1 aromatic carbocycles. The molecule has 0 saturated carbocycles. The van der Waals surface area contributed by atoms with Crippen molar-refractivity contribution in [3.8, 4) is 5.75 Å². The average molecular weight is 554 g/mol. The number of ether oxygens (including phenoxy) is 1. The maximum atomic E-state index is 14.4. The number of aromatic nitrogens is 2. The van der Waals surface area contributed by atoms with Crippen LogP contribution in [0.3, 0.4) is 0 Å². The molecule has 0 radical (unpaired) electrons. The van der Waals surface area contributed by atoms with Crippen molar-refractivity contribution in [3.63, 3.8) is 0 Å². The van der Waals surface area contributed by atoms with E-state index >= 15 is 0 Å². The summed E-state index contributed by atoms with van der Waals surface area (Å²) in [5.74, 6) is -3.59. The molecule has 0 spiro atoms. The molecule has 1 unspecified atom stereocenters. The summed E-state index contributed by atoms with van der Waals surface area (Å²) in [6.45, 7) is 11.4. The summed E-state index contributed by atoms with van der Waals surface area (Å²) >= 11 is 0. The Labute approximate surface area is 225 Å². The number of carbonyl (C=O) groups excluding carboxylic acids is 1. The van der Waals surface area contributed by atoms with Gasteiger partial charge in [0.05, 0.1) is 13.2 Å². The number of carbonyl (C=O) groups is 3. The number of carboxylic acid groups (broad SMARTS) is 2. The van der Waals surface area contributed by atoms with Crippen molar-refractivity contribution in [3.05, 3.63) is 35.4 Å². The molecule has 1 aromatic heterocycles. The number of aliphatic carboxylic acids is 2.